The quantitative estimate of drug-likeness (QED) is 0.522. The van der Waals surface area contributed by atoms with E-state index in [1.807, 2.05) is 12.1 Å². The van der Waals surface area contributed by atoms with Crippen LogP contribution in [0.2, 0.25) is 0 Å². The van der Waals surface area contributed by atoms with Crippen LogP contribution >= 0.6 is 0 Å². The maximum Gasteiger partial charge on any atom is 0.258 e. The molecule has 1 aliphatic heterocycles. The van der Waals surface area contributed by atoms with Gasteiger partial charge in [0.05, 0.1) is 0 Å². The van der Waals surface area contributed by atoms with Gasteiger partial charge < -0.3 is 20.3 Å². The average molecular weight is 399 g/mol. The summed E-state index contributed by atoms with van der Waals surface area (Å²) in [6.07, 6.45) is 8.58. The van der Waals surface area contributed by atoms with Crippen LogP contribution in [0.5, 0.6) is 5.75 Å². The SMILES string of the molecule is CCNC(=NCCc1ccc(OCC(=O)NC2CC2)cc1)N1CCC2(CCC2)C1. The summed E-state index contributed by atoms with van der Waals surface area (Å²) >= 11 is 0. The molecular weight excluding hydrogens is 364 g/mol. The lowest BCUT2D eigenvalue weighted by molar-refractivity contribution is -0.123. The van der Waals surface area contributed by atoms with Crippen LogP contribution in [0.3, 0.4) is 0 Å². The molecule has 1 heterocycles. The van der Waals surface area contributed by atoms with E-state index < -0.39 is 0 Å². The van der Waals surface area contributed by atoms with E-state index in [2.05, 4.69) is 34.6 Å². The molecule has 1 aromatic carbocycles. The van der Waals surface area contributed by atoms with Gasteiger partial charge in [0.25, 0.3) is 5.91 Å². The second-order valence-corrected chi connectivity index (χ2v) is 8.79. The first-order valence-corrected chi connectivity index (χ1v) is 11.2. The first kappa shape index (κ1) is 20.0. The number of likely N-dealkylation sites (tertiary alicyclic amines) is 1. The molecule has 0 bridgehead atoms. The molecule has 0 atom stereocenters. The Kier molecular flexibility index (Phi) is 6.26. The second-order valence-electron chi connectivity index (χ2n) is 8.79. The number of nitrogens with zero attached hydrogens (tertiary/aromatic N) is 2. The molecule has 3 fully saturated rings. The fourth-order valence-corrected chi connectivity index (χ4v) is 4.32. The van der Waals surface area contributed by atoms with Crippen molar-refractivity contribution in [2.45, 2.75) is 57.9 Å². The summed E-state index contributed by atoms with van der Waals surface area (Å²) in [5.41, 5.74) is 1.82. The molecule has 158 valence electrons. The Balaban J connectivity index is 1.23. The van der Waals surface area contributed by atoms with Crippen molar-refractivity contribution >= 4 is 11.9 Å². The van der Waals surface area contributed by atoms with Crippen LogP contribution in [0.4, 0.5) is 0 Å². The number of rotatable bonds is 8. The zero-order chi connectivity index (χ0) is 20.1. The first-order chi connectivity index (χ1) is 14.2. The first-order valence-electron chi connectivity index (χ1n) is 11.2. The number of benzene rings is 1. The zero-order valence-electron chi connectivity index (χ0n) is 17.6. The maximum absolute atomic E-state index is 11.7. The number of carbonyl (C=O) groups is 1. The van der Waals surface area contributed by atoms with Gasteiger partial charge in [-0.3, -0.25) is 9.79 Å². The van der Waals surface area contributed by atoms with Crippen LogP contribution in [0.1, 0.15) is 51.0 Å². The molecular formula is C23H34N4O2. The van der Waals surface area contributed by atoms with Crippen molar-refractivity contribution in [1.82, 2.24) is 15.5 Å². The fraction of sp³-hybridized carbons (Fsp3) is 0.652. The molecule has 6 heteroatoms. The van der Waals surface area contributed by atoms with Gasteiger partial charge in [-0.1, -0.05) is 18.6 Å². The lowest BCUT2D eigenvalue weighted by atomic mass is 9.68. The topological polar surface area (TPSA) is 66.0 Å². The predicted molar refractivity (Wildman–Crippen MR) is 115 cm³/mol. The highest BCUT2D eigenvalue weighted by Crippen LogP contribution is 2.47. The van der Waals surface area contributed by atoms with E-state index in [0.29, 0.717) is 11.5 Å². The second kappa shape index (κ2) is 9.06. The molecule has 1 saturated heterocycles. The highest BCUT2D eigenvalue weighted by atomic mass is 16.5. The van der Waals surface area contributed by atoms with Crippen molar-refractivity contribution in [2.75, 3.05) is 32.8 Å². The van der Waals surface area contributed by atoms with Gasteiger partial charge in [0, 0.05) is 32.2 Å². The Morgan fingerprint density at radius 2 is 2.03 bits per heavy atom. The van der Waals surface area contributed by atoms with E-state index in [4.69, 9.17) is 9.73 Å². The Labute approximate surface area is 174 Å². The van der Waals surface area contributed by atoms with Crippen molar-refractivity contribution in [1.29, 1.82) is 0 Å². The normalized spacial score (nSPS) is 20.4. The maximum atomic E-state index is 11.7. The highest BCUT2D eigenvalue weighted by Gasteiger charge is 2.43. The van der Waals surface area contributed by atoms with Crippen LogP contribution in [0.25, 0.3) is 0 Å². The minimum atomic E-state index is -0.0348. The lowest BCUT2D eigenvalue weighted by Gasteiger charge is -2.38. The number of hydrogen-bond acceptors (Lipinski definition) is 3. The van der Waals surface area contributed by atoms with E-state index in [9.17, 15) is 4.79 Å². The minimum absolute atomic E-state index is 0.0348. The number of carbonyl (C=O) groups excluding carboxylic acids is 1. The summed E-state index contributed by atoms with van der Waals surface area (Å²) in [6, 6.07) is 8.39. The van der Waals surface area contributed by atoms with E-state index >= 15 is 0 Å². The third kappa shape index (κ3) is 5.43. The van der Waals surface area contributed by atoms with Gasteiger partial charge in [0.2, 0.25) is 0 Å². The summed E-state index contributed by atoms with van der Waals surface area (Å²) in [7, 11) is 0. The summed E-state index contributed by atoms with van der Waals surface area (Å²) in [5, 5.41) is 6.40. The fourth-order valence-electron chi connectivity index (χ4n) is 4.32. The molecule has 4 rings (SSSR count). The third-order valence-electron chi connectivity index (χ3n) is 6.38. The predicted octanol–water partition coefficient (Wildman–Crippen LogP) is 2.73. The van der Waals surface area contributed by atoms with E-state index in [1.54, 1.807) is 0 Å². The smallest absolute Gasteiger partial charge is 0.258 e. The molecule has 0 radical (unpaired) electrons. The summed E-state index contributed by atoms with van der Waals surface area (Å²) < 4.78 is 5.57. The number of aliphatic imine (C=N–C) groups is 1. The van der Waals surface area contributed by atoms with Crippen LogP contribution in [-0.4, -0.2) is 55.6 Å². The molecule has 29 heavy (non-hydrogen) atoms. The van der Waals surface area contributed by atoms with Gasteiger partial charge in [-0.2, -0.15) is 0 Å². The van der Waals surface area contributed by atoms with Gasteiger partial charge in [-0.25, -0.2) is 0 Å². The Hall–Kier alpha value is -2.24. The van der Waals surface area contributed by atoms with Gasteiger partial charge in [0.15, 0.2) is 12.6 Å². The van der Waals surface area contributed by atoms with E-state index in [1.165, 1.54) is 37.8 Å². The van der Waals surface area contributed by atoms with Gasteiger partial charge in [0.1, 0.15) is 5.75 Å². The summed E-state index contributed by atoms with van der Waals surface area (Å²) in [5.74, 6) is 1.77. The molecule has 0 aromatic heterocycles. The molecule has 1 amide bonds. The monoisotopic (exact) mass is 398 g/mol. The summed E-state index contributed by atoms with van der Waals surface area (Å²) in [6.45, 7) is 6.20. The number of hydrogen-bond donors (Lipinski definition) is 2. The number of nitrogens with one attached hydrogen (secondary N) is 2. The Bertz CT molecular complexity index is 723. The largest absolute Gasteiger partial charge is 0.484 e. The number of ether oxygens (including phenoxy) is 1. The van der Waals surface area contributed by atoms with Crippen LogP contribution in [0.15, 0.2) is 29.3 Å². The Morgan fingerprint density at radius 3 is 2.66 bits per heavy atom. The average Bonchev–Trinajstić information content (AvgIpc) is 3.39. The molecule has 2 N–H and O–H groups in total. The molecule has 1 aromatic rings. The van der Waals surface area contributed by atoms with Crippen molar-refractivity contribution in [3.05, 3.63) is 29.8 Å². The van der Waals surface area contributed by atoms with Gasteiger partial charge in [-0.05, 0) is 68.6 Å². The van der Waals surface area contributed by atoms with Crippen LogP contribution in [-0.2, 0) is 11.2 Å². The van der Waals surface area contributed by atoms with Crippen LogP contribution < -0.4 is 15.4 Å². The summed E-state index contributed by atoms with van der Waals surface area (Å²) in [4.78, 5) is 19.0. The molecule has 2 aliphatic carbocycles. The third-order valence-corrected chi connectivity index (χ3v) is 6.38. The van der Waals surface area contributed by atoms with Crippen LogP contribution in [0, 0.1) is 5.41 Å². The molecule has 2 saturated carbocycles. The van der Waals surface area contributed by atoms with Gasteiger partial charge in [-0.15, -0.1) is 0 Å². The van der Waals surface area contributed by atoms with Crippen molar-refractivity contribution in [2.24, 2.45) is 10.4 Å². The zero-order valence-corrected chi connectivity index (χ0v) is 17.6. The lowest BCUT2D eigenvalue weighted by Crippen LogP contribution is -2.42. The molecule has 6 nitrogen and oxygen atoms in total. The number of amides is 1. The standard InChI is InChI=1S/C23H34N4O2/c1-2-24-22(27-15-13-23(17-27)11-3-12-23)25-14-10-18-4-8-20(9-5-18)29-16-21(28)26-19-6-7-19/h4-5,8-9,19H,2-3,6-7,10-17H2,1H3,(H,24,25)(H,26,28). The van der Waals surface area contributed by atoms with Crippen molar-refractivity contribution in [3.8, 4) is 5.75 Å². The Morgan fingerprint density at radius 1 is 1.24 bits per heavy atom. The van der Waals surface area contributed by atoms with E-state index in [0.717, 1.165) is 50.6 Å². The molecule has 1 spiro atoms. The van der Waals surface area contributed by atoms with Crippen molar-refractivity contribution in [3.63, 3.8) is 0 Å². The molecule has 0 unspecified atom stereocenters. The number of guanidine groups is 1. The molecule has 3 aliphatic rings. The highest BCUT2D eigenvalue weighted by molar-refractivity contribution is 5.80. The van der Waals surface area contributed by atoms with Gasteiger partial charge >= 0.3 is 0 Å². The van der Waals surface area contributed by atoms with E-state index in [-0.39, 0.29) is 12.5 Å². The van der Waals surface area contributed by atoms with Crippen molar-refractivity contribution < 1.29 is 9.53 Å². The minimum Gasteiger partial charge on any atom is -0.484 e.